The Morgan fingerprint density at radius 3 is 2.80 bits per heavy atom. The van der Waals surface area contributed by atoms with E-state index < -0.39 is 0 Å². The summed E-state index contributed by atoms with van der Waals surface area (Å²) in [6.07, 6.45) is 1.15. The highest BCUT2D eigenvalue weighted by atomic mass is 16.5. The van der Waals surface area contributed by atoms with Gasteiger partial charge in [-0.05, 0) is 46.2 Å². The fourth-order valence-electron chi connectivity index (χ4n) is 1.48. The molecule has 0 aliphatic carbocycles. The van der Waals surface area contributed by atoms with E-state index in [-0.39, 0.29) is 18.1 Å². The Labute approximate surface area is 91.8 Å². The van der Waals surface area contributed by atoms with E-state index in [1.807, 2.05) is 20.8 Å². The van der Waals surface area contributed by atoms with Crippen molar-refractivity contribution >= 4 is 5.91 Å². The third-order valence-corrected chi connectivity index (χ3v) is 2.39. The summed E-state index contributed by atoms with van der Waals surface area (Å²) in [7, 11) is 0. The third kappa shape index (κ3) is 5.74. The second-order valence-electron chi connectivity index (χ2n) is 5.06. The van der Waals surface area contributed by atoms with Gasteiger partial charge in [0.1, 0.15) is 6.61 Å². The molecular formula is C11H22N2O2. The van der Waals surface area contributed by atoms with Crippen molar-refractivity contribution in [3.05, 3.63) is 0 Å². The zero-order valence-corrected chi connectivity index (χ0v) is 9.93. The van der Waals surface area contributed by atoms with Crippen molar-refractivity contribution in [1.29, 1.82) is 0 Å². The molecule has 2 N–H and O–H groups in total. The number of carbonyl (C=O) groups is 1. The van der Waals surface area contributed by atoms with E-state index in [1.165, 1.54) is 0 Å². The second kappa shape index (κ2) is 5.47. The lowest BCUT2D eigenvalue weighted by Crippen LogP contribution is -2.35. The monoisotopic (exact) mass is 214 g/mol. The van der Waals surface area contributed by atoms with Gasteiger partial charge in [0.25, 0.3) is 0 Å². The quantitative estimate of drug-likeness (QED) is 0.717. The minimum absolute atomic E-state index is 0.0168. The maximum Gasteiger partial charge on any atom is 0.246 e. The molecule has 1 amide bonds. The standard InChI is InChI=1S/C11H22N2O2/c1-11(2,3)15-8-10(14)13-7-9-4-5-12-6-9/h9,12H,4-8H2,1-3H3,(H,13,14). The summed E-state index contributed by atoms with van der Waals surface area (Å²) in [5.41, 5.74) is -0.244. The van der Waals surface area contributed by atoms with Gasteiger partial charge in [0.05, 0.1) is 5.60 Å². The van der Waals surface area contributed by atoms with Crippen LogP contribution < -0.4 is 10.6 Å². The summed E-state index contributed by atoms with van der Waals surface area (Å²) < 4.78 is 5.38. The normalized spacial score (nSPS) is 21.7. The number of hydrogen-bond donors (Lipinski definition) is 2. The molecule has 0 bridgehead atoms. The van der Waals surface area contributed by atoms with Crippen LogP contribution in [0.15, 0.2) is 0 Å². The Morgan fingerprint density at radius 1 is 1.53 bits per heavy atom. The molecule has 1 aliphatic rings. The Bertz CT molecular complexity index is 205. The van der Waals surface area contributed by atoms with E-state index in [4.69, 9.17) is 4.74 Å². The smallest absolute Gasteiger partial charge is 0.246 e. The average molecular weight is 214 g/mol. The summed E-state index contributed by atoms with van der Waals surface area (Å²) in [5, 5.41) is 6.16. The van der Waals surface area contributed by atoms with Crippen molar-refractivity contribution in [3.8, 4) is 0 Å². The van der Waals surface area contributed by atoms with Crippen LogP contribution in [0.1, 0.15) is 27.2 Å². The molecule has 1 fully saturated rings. The van der Waals surface area contributed by atoms with E-state index in [2.05, 4.69) is 10.6 Å². The Morgan fingerprint density at radius 2 is 2.27 bits per heavy atom. The molecule has 1 unspecified atom stereocenters. The summed E-state index contributed by atoms with van der Waals surface area (Å²) in [6, 6.07) is 0. The number of amides is 1. The van der Waals surface area contributed by atoms with Gasteiger partial charge in [-0.25, -0.2) is 0 Å². The predicted octanol–water partition coefficient (Wildman–Crippen LogP) is 0.527. The molecule has 88 valence electrons. The first-order valence-corrected chi connectivity index (χ1v) is 5.59. The van der Waals surface area contributed by atoms with Crippen LogP contribution in [-0.4, -0.2) is 37.7 Å². The van der Waals surface area contributed by atoms with Crippen LogP contribution in [0.3, 0.4) is 0 Å². The van der Waals surface area contributed by atoms with Gasteiger partial charge in [0.2, 0.25) is 5.91 Å². The van der Waals surface area contributed by atoms with Gasteiger partial charge in [0, 0.05) is 6.54 Å². The highest BCUT2D eigenvalue weighted by molar-refractivity contribution is 5.77. The zero-order valence-electron chi connectivity index (χ0n) is 9.93. The highest BCUT2D eigenvalue weighted by Gasteiger charge is 2.16. The Hall–Kier alpha value is -0.610. The van der Waals surface area contributed by atoms with Gasteiger partial charge < -0.3 is 15.4 Å². The maximum absolute atomic E-state index is 11.4. The van der Waals surface area contributed by atoms with E-state index >= 15 is 0 Å². The van der Waals surface area contributed by atoms with Crippen molar-refractivity contribution < 1.29 is 9.53 Å². The molecule has 1 heterocycles. The van der Waals surface area contributed by atoms with Crippen molar-refractivity contribution in [3.63, 3.8) is 0 Å². The number of hydrogen-bond acceptors (Lipinski definition) is 3. The molecule has 0 aromatic rings. The number of rotatable bonds is 4. The maximum atomic E-state index is 11.4. The lowest BCUT2D eigenvalue weighted by Gasteiger charge is -2.19. The van der Waals surface area contributed by atoms with E-state index in [0.29, 0.717) is 5.92 Å². The van der Waals surface area contributed by atoms with Crippen LogP contribution in [0.5, 0.6) is 0 Å². The van der Waals surface area contributed by atoms with Gasteiger partial charge in [0.15, 0.2) is 0 Å². The summed E-state index contributed by atoms with van der Waals surface area (Å²) in [6.45, 7) is 8.84. The molecule has 1 saturated heterocycles. The molecular weight excluding hydrogens is 192 g/mol. The molecule has 15 heavy (non-hydrogen) atoms. The molecule has 4 nitrogen and oxygen atoms in total. The lowest BCUT2D eigenvalue weighted by molar-refractivity contribution is -0.130. The van der Waals surface area contributed by atoms with Crippen LogP contribution in [0.2, 0.25) is 0 Å². The summed E-state index contributed by atoms with van der Waals surface area (Å²) in [5.74, 6) is 0.570. The number of nitrogens with one attached hydrogen (secondary N) is 2. The van der Waals surface area contributed by atoms with Gasteiger partial charge in [-0.1, -0.05) is 0 Å². The van der Waals surface area contributed by atoms with Gasteiger partial charge >= 0.3 is 0 Å². The zero-order chi connectivity index (χ0) is 11.3. The highest BCUT2D eigenvalue weighted by Crippen LogP contribution is 2.07. The van der Waals surface area contributed by atoms with Crippen molar-refractivity contribution in [1.82, 2.24) is 10.6 Å². The van der Waals surface area contributed by atoms with Gasteiger partial charge in [-0.3, -0.25) is 4.79 Å². The Balaban J connectivity index is 2.08. The van der Waals surface area contributed by atoms with Crippen molar-refractivity contribution in [2.24, 2.45) is 5.92 Å². The minimum atomic E-state index is -0.244. The van der Waals surface area contributed by atoms with E-state index in [9.17, 15) is 4.79 Å². The lowest BCUT2D eigenvalue weighted by atomic mass is 10.1. The van der Waals surface area contributed by atoms with Crippen LogP contribution in [0.4, 0.5) is 0 Å². The SMILES string of the molecule is CC(C)(C)OCC(=O)NCC1CCNC1. The van der Waals surface area contributed by atoms with E-state index in [0.717, 1.165) is 26.1 Å². The molecule has 0 aromatic carbocycles. The van der Waals surface area contributed by atoms with Crippen LogP contribution in [-0.2, 0) is 9.53 Å². The summed E-state index contributed by atoms with van der Waals surface area (Å²) in [4.78, 5) is 11.4. The molecule has 1 rings (SSSR count). The van der Waals surface area contributed by atoms with Crippen molar-refractivity contribution in [2.45, 2.75) is 32.8 Å². The molecule has 4 heteroatoms. The largest absolute Gasteiger partial charge is 0.366 e. The van der Waals surface area contributed by atoms with Crippen molar-refractivity contribution in [2.75, 3.05) is 26.2 Å². The van der Waals surface area contributed by atoms with Gasteiger partial charge in [-0.15, -0.1) is 0 Å². The first-order valence-electron chi connectivity index (χ1n) is 5.59. The summed E-state index contributed by atoms with van der Waals surface area (Å²) >= 11 is 0. The topological polar surface area (TPSA) is 50.4 Å². The average Bonchev–Trinajstić information content (AvgIpc) is 2.62. The molecule has 0 radical (unpaired) electrons. The van der Waals surface area contributed by atoms with Crippen LogP contribution >= 0.6 is 0 Å². The first-order chi connectivity index (χ1) is 6.97. The second-order valence-corrected chi connectivity index (χ2v) is 5.06. The fourth-order valence-corrected chi connectivity index (χ4v) is 1.48. The molecule has 0 aromatic heterocycles. The molecule has 0 spiro atoms. The Kier molecular flexibility index (Phi) is 4.54. The number of ether oxygens (including phenoxy) is 1. The number of carbonyl (C=O) groups excluding carboxylic acids is 1. The molecule has 1 atom stereocenters. The third-order valence-electron chi connectivity index (χ3n) is 2.39. The predicted molar refractivity (Wildman–Crippen MR) is 59.7 cm³/mol. The fraction of sp³-hybridized carbons (Fsp3) is 0.909. The van der Waals surface area contributed by atoms with Crippen LogP contribution in [0, 0.1) is 5.92 Å². The molecule has 0 saturated carbocycles. The minimum Gasteiger partial charge on any atom is -0.366 e. The van der Waals surface area contributed by atoms with Gasteiger partial charge in [-0.2, -0.15) is 0 Å². The van der Waals surface area contributed by atoms with Crippen LogP contribution in [0.25, 0.3) is 0 Å². The molecule has 1 aliphatic heterocycles. The first kappa shape index (κ1) is 12.5. The van der Waals surface area contributed by atoms with E-state index in [1.54, 1.807) is 0 Å².